The summed E-state index contributed by atoms with van der Waals surface area (Å²) in [7, 11) is 2.19. The van der Waals surface area contributed by atoms with Gasteiger partial charge in [-0.3, -0.25) is 0 Å². The monoisotopic (exact) mass is 1340 g/mol. The van der Waals surface area contributed by atoms with E-state index in [1.807, 2.05) is 0 Å². The number of benzene rings is 15. The lowest BCUT2D eigenvalue weighted by Crippen LogP contribution is -1.90. The normalized spacial score (nSPS) is 13.4. The van der Waals surface area contributed by atoms with Gasteiger partial charge < -0.3 is 4.57 Å². The predicted molar refractivity (Wildman–Crippen MR) is 439 cm³/mol. The van der Waals surface area contributed by atoms with Crippen LogP contribution >= 0.6 is 0 Å². The summed E-state index contributed by atoms with van der Waals surface area (Å²) in [6.45, 7) is 8.83. The molecule has 0 saturated heterocycles. The first kappa shape index (κ1) is 61.7. The summed E-state index contributed by atoms with van der Waals surface area (Å²) < 4.78 is 2.35. The van der Waals surface area contributed by atoms with Gasteiger partial charge in [-0.1, -0.05) is 284 Å². The van der Waals surface area contributed by atoms with E-state index >= 15 is 0 Å². The molecule has 25 rings (SSSR count). The van der Waals surface area contributed by atoms with Crippen molar-refractivity contribution < 1.29 is 0 Å². The predicted octanol–water partition coefficient (Wildman–Crippen LogP) is 25.5. The van der Waals surface area contributed by atoms with Crippen LogP contribution in [0.4, 0.5) is 0 Å². The van der Waals surface area contributed by atoms with Crippen molar-refractivity contribution in [3.8, 4) is 100 Å². The minimum Gasteiger partial charge on any atom is -0.343 e. The molecule has 1 heterocycles. The van der Waals surface area contributed by atoms with Gasteiger partial charge in [-0.25, -0.2) is 0 Å². The first-order chi connectivity index (χ1) is 51.6. The number of rotatable bonds is 0. The Bertz CT molecular complexity index is 6420. The molecule has 0 aliphatic heterocycles. The average Bonchev–Trinajstić information content (AvgIpc) is 1.57. The van der Waals surface area contributed by atoms with Crippen molar-refractivity contribution in [2.75, 3.05) is 0 Å². The van der Waals surface area contributed by atoms with E-state index in [0.717, 1.165) is 57.8 Å². The SMILES string of the molecule is Cc1ccc2c(c1)-c1ccc3c(c1C2)-c1ccccc1C3.Cc1ccc2c(c1)Cc1c-2ccc2c1-c1ccccc1C2.Cc1cccc2c1-c1ccc3c(c1C2)-c1ccccc1C3.Cc1cccc2c1Cc1c-2ccc2c1-c1ccccc1C2.Cn1c2ccccc2c2ccc3c(c21)-c1ccccc1C3. The third-order valence-corrected chi connectivity index (χ3v) is 25.0. The zero-order valence-electron chi connectivity index (χ0n) is 60.4. The van der Waals surface area contributed by atoms with Gasteiger partial charge in [0.15, 0.2) is 0 Å². The van der Waals surface area contributed by atoms with Crippen LogP contribution in [0.2, 0.25) is 0 Å². The fourth-order valence-electron chi connectivity index (χ4n) is 20.2. The third-order valence-electron chi connectivity index (χ3n) is 25.0. The summed E-state index contributed by atoms with van der Waals surface area (Å²) in [6, 6.07) is 104. The van der Waals surface area contributed by atoms with Crippen LogP contribution in [0.3, 0.4) is 0 Å². The van der Waals surface area contributed by atoms with Gasteiger partial charge >= 0.3 is 0 Å². The van der Waals surface area contributed by atoms with Gasteiger partial charge in [0, 0.05) is 28.9 Å². The van der Waals surface area contributed by atoms with E-state index < -0.39 is 0 Å². The molecule has 0 saturated carbocycles. The third kappa shape index (κ3) is 9.74. The van der Waals surface area contributed by atoms with Crippen LogP contribution in [0.15, 0.2) is 279 Å². The van der Waals surface area contributed by atoms with Gasteiger partial charge in [-0.2, -0.15) is 0 Å². The molecule has 500 valence electrons. The minimum absolute atomic E-state index is 1.06. The standard InChI is InChI=1S/4C21H16.C20H15N/c1-13-5-4-7-15-12-19-18(20(13)15)10-9-16-11-14-6-2-3-8-17(14)21(16)19;1-13-5-4-8-17-18-10-9-15-11-14-6-2-3-7-16(14)21(15)20(18)12-19(13)17;1-13-6-8-17-16(10-13)12-20-19(17)9-7-15-11-14-4-2-3-5-18(14)21(15)20;1-13-6-7-15-12-20-18(19(15)10-13)9-8-16-11-14-4-2-3-5-17(14)21(16)20;1-21-18-9-5-4-8-16(18)17-11-10-14-12-13-6-2-3-7-15(13)19(14)20(17)21/h4*2-10H,11-12H2,1H3;2-11H,12H2,1H3. The highest BCUT2D eigenvalue weighted by Gasteiger charge is 2.34. The van der Waals surface area contributed by atoms with Crippen LogP contribution in [-0.2, 0) is 64.8 Å². The summed E-state index contributed by atoms with van der Waals surface area (Å²) in [4.78, 5) is 0. The molecule has 1 nitrogen and oxygen atoms in total. The van der Waals surface area contributed by atoms with E-state index in [1.165, 1.54) is 233 Å². The fraction of sp³-hybridized carbons (Fsp3) is 0.135. The Morgan fingerprint density at radius 3 is 1.13 bits per heavy atom. The van der Waals surface area contributed by atoms with Gasteiger partial charge in [0.1, 0.15) is 0 Å². The quantitative estimate of drug-likeness (QED) is 0.143. The van der Waals surface area contributed by atoms with Crippen molar-refractivity contribution in [3.63, 3.8) is 0 Å². The van der Waals surface area contributed by atoms with Crippen LogP contribution in [0, 0.1) is 27.7 Å². The minimum atomic E-state index is 1.06. The van der Waals surface area contributed by atoms with E-state index in [-0.39, 0.29) is 0 Å². The Morgan fingerprint density at radius 1 is 0.200 bits per heavy atom. The largest absolute Gasteiger partial charge is 0.343 e. The molecular weight excluding hydrogens is 1260 g/mol. The highest BCUT2D eigenvalue weighted by atomic mass is 14.9. The maximum atomic E-state index is 2.35. The number of hydrogen-bond donors (Lipinski definition) is 0. The second-order valence-electron chi connectivity index (χ2n) is 31.0. The van der Waals surface area contributed by atoms with Crippen LogP contribution in [-0.4, -0.2) is 4.57 Å². The summed E-state index contributed by atoms with van der Waals surface area (Å²) >= 11 is 0. The Balaban J connectivity index is 0.0000000846. The molecule has 16 aromatic rings. The molecule has 9 aliphatic carbocycles. The lowest BCUT2D eigenvalue weighted by Gasteiger charge is -2.09. The number of hydrogen-bond acceptors (Lipinski definition) is 0. The number of fused-ring (bicyclic) bond motifs is 35. The zero-order chi connectivity index (χ0) is 69.9. The van der Waals surface area contributed by atoms with E-state index in [4.69, 9.17) is 0 Å². The molecule has 0 fully saturated rings. The molecule has 9 aliphatic rings. The van der Waals surface area contributed by atoms with Crippen molar-refractivity contribution in [1.29, 1.82) is 0 Å². The molecule has 0 bridgehead atoms. The second-order valence-corrected chi connectivity index (χ2v) is 31.0. The topological polar surface area (TPSA) is 4.93 Å². The lowest BCUT2D eigenvalue weighted by atomic mass is 9.94. The van der Waals surface area contributed by atoms with Crippen LogP contribution < -0.4 is 0 Å². The van der Waals surface area contributed by atoms with E-state index in [1.54, 1.807) is 11.1 Å². The molecule has 0 unspecified atom stereocenters. The molecule has 1 aromatic heterocycles. The van der Waals surface area contributed by atoms with E-state index in [2.05, 4.69) is 318 Å². The van der Waals surface area contributed by atoms with Crippen LogP contribution in [0.25, 0.3) is 122 Å². The highest BCUT2D eigenvalue weighted by Crippen LogP contribution is 2.53. The highest BCUT2D eigenvalue weighted by molar-refractivity contribution is 6.14. The molecular formula is C104H79N. The Hall–Kier alpha value is -11.9. The van der Waals surface area contributed by atoms with Gasteiger partial charge in [0.2, 0.25) is 0 Å². The Labute approximate surface area is 616 Å². The van der Waals surface area contributed by atoms with Gasteiger partial charge in [0.05, 0.1) is 5.52 Å². The molecule has 0 N–H and O–H groups in total. The van der Waals surface area contributed by atoms with Crippen molar-refractivity contribution >= 4 is 21.8 Å². The Kier molecular flexibility index (Phi) is 14.2. The average molecular weight is 1340 g/mol. The molecule has 0 radical (unpaired) electrons. The summed E-state index contributed by atoms with van der Waals surface area (Å²) in [5.41, 5.74) is 61.5. The van der Waals surface area contributed by atoms with Crippen molar-refractivity contribution in [2.24, 2.45) is 7.05 Å². The van der Waals surface area contributed by atoms with E-state index in [9.17, 15) is 0 Å². The van der Waals surface area contributed by atoms with Crippen LogP contribution in [0.5, 0.6) is 0 Å². The first-order valence-electron chi connectivity index (χ1n) is 38.0. The van der Waals surface area contributed by atoms with Crippen molar-refractivity contribution in [1.82, 2.24) is 4.57 Å². The van der Waals surface area contributed by atoms with Crippen LogP contribution in [0.1, 0.15) is 122 Å². The van der Waals surface area contributed by atoms with Gasteiger partial charge in [0.25, 0.3) is 0 Å². The number of aromatic nitrogens is 1. The van der Waals surface area contributed by atoms with E-state index in [0.29, 0.717) is 0 Å². The molecule has 105 heavy (non-hydrogen) atoms. The van der Waals surface area contributed by atoms with Crippen molar-refractivity contribution in [2.45, 2.75) is 85.5 Å². The number of para-hydroxylation sites is 1. The molecule has 0 amide bonds. The molecule has 0 spiro atoms. The maximum Gasteiger partial charge on any atom is 0.0571 e. The summed E-state index contributed by atoms with van der Waals surface area (Å²) in [5.74, 6) is 0. The van der Waals surface area contributed by atoms with Gasteiger partial charge in [-0.05, 0) is 297 Å². The maximum absolute atomic E-state index is 2.35. The second kappa shape index (κ2) is 24.1. The number of nitrogens with zero attached hydrogens (tertiary/aromatic N) is 1. The smallest absolute Gasteiger partial charge is 0.0571 e. The lowest BCUT2D eigenvalue weighted by molar-refractivity contribution is 1.01. The Morgan fingerprint density at radius 2 is 0.552 bits per heavy atom. The van der Waals surface area contributed by atoms with Crippen molar-refractivity contribution in [3.05, 3.63) is 401 Å². The zero-order valence-corrected chi connectivity index (χ0v) is 60.4. The van der Waals surface area contributed by atoms with Gasteiger partial charge in [-0.15, -0.1) is 0 Å². The summed E-state index contributed by atoms with van der Waals surface area (Å²) in [6.07, 6.45) is 9.78. The molecule has 15 aromatic carbocycles. The number of aryl methyl sites for hydroxylation is 5. The summed E-state index contributed by atoms with van der Waals surface area (Å²) in [5, 5.41) is 2.71. The first-order valence-corrected chi connectivity index (χ1v) is 38.0. The molecule has 1 heteroatoms. The fourth-order valence-corrected chi connectivity index (χ4v) is 20.2. The molecule has 0 atom stereocenters.